The second kappa shape index (κ2) is 6.08. The molecule has 3 heteroatoms. The van der Waals surface area contributed by atoms with Crippen molar-refractivity contribution in [2.75, 3.05) is 0 Å². The zero-order chi connectivity index (χ0) is 14.0. The SMILES string of the molecule is Cc1cc(C(C)N[C@@H](C)c2ccc(Cl)cc2)c(C)s1. The van der Waals surface area contributed by atoms with Crippen molar-refractivity contribution in [2.24, 2.45) is 0 Å². The van der Waals surface area contributed by atoms with Crippen molar-refractivity contribution in [1.29, 1.82) is 0 Å². The molecule has 0 aliphatic rings. The first-order valence-corrected chi connectivity index (χ1v) is 7.75. The molecule has 2 aromatic rings. The lowest BCUT2D eigenvalue weighted by atomic mass is 10.0. The van der Waals surface area contributed by atoms with Crippen LogP contribution < -0.4 is 5.32 Å². The quantitative estimate of drug-likeness (QED) is 0.792. The number of benzene rings is 1. The number of thiophene rings is 1. The average Bonchev–Trinajstić information content (AvgIpc) is 2.69. The molecule has 0 saturated heterocycles. The smallest absolute Gasteiger partial charge is 0.0406 e. The summed E-state index contributed by atoms with van der Waals surface area (Å²) in [5.41, 5.74) is 2.67. The standard InChI is InChI=1S/C16H20ClNS/c1-10-9-16(13(4)19-10)12(3)18-11(2)14-5-7-15(17)8-6-14/h5-9,11-12,18H,1-4H3/t11-,12?/m0/s1. The molecule has 1 heterocycles. The van der Waals surface area contributed by atoms with Gasteiger partial charge in [-0.3, -0.25) is 0 Å². The van der Waals surface area contributed by atoms with Crippen LogP contribution in [0.5, 0.6) is 0 Å². The van der Waals surface area contributed by atoms with Gasteiger partial charge in [-0.05, 0) is 57.0 Å². The molecule has 1 aromatic carbocycles. The Kier molecular flexibility index (Phi) is 4.67. The Balaban J connectivity index is 2.08. The highest BCUT2D eigenvalue weighted by Crippen LogP contribution is 2.28. The maximum Gasteiger partial charge on any atom is 0.0406 e. The Morgan fingerprint density at radius 2 is 1.68 bits per heavy atom. The van der Waals surface area contributed by atoms with Gasteiger partial charge in [0.2, 0.25) is 0 Å². The van der Waals surface area contributed by atoms with Crippen LogP contribution in [0, 0.1) is 13.8 Å². The fourth-order valence-corrected chi connectivity index (χ4v) is 3.54. The summed E-state index contributed by atoms with van der Waals surface area (Å²) in [6.07, 6.45) is 0. The molecule has 0 amide bonds. The van der Waals surface area contributed by atoms with E-state index in [4.69, 9.17) is 11.6 Å². The van der Waals surface area contributed by atoms with Gasteiger partial charge >= 0.3 is 0 Å². The fourth-order valence-electron chi connectivity index (χ4n) is 2.39. The zero-order valence-corrected chi connectivity index (χ0v) is 13.4. The molecule has 102 valence electrons. The monoisotopic (exact) mass is 293 g/mol. The third kappa shape index (κ3) is 3.59. The maximum absolute atomic E-state index is 5.92. The molecule has 0 saturated carbocycles. The predicted molar refractivity (Wildman–Crippen MR) is 85.2 cm³/mol. The van der Waals surface area contributed by atoms with Gasteiger partial charge in [-0.15, -0.1) is 11.3 Å². The van der Waals surface area contributed by atoms with Crippen LogP contribution in [-0.4, -0.2) is 0 Å². The fraction of sp³-hybridized carbons (Fsp3) is 0.375. The summed E-state index contributed by atoms with van der Waals surface area (Å²) in [5.74, 6) is 0. The lowest BCUT2D eigenvalue weighted by Crippen LogP contribution is -2.22. The summed E-state index contributed by atoms with van der Waals surface area (Å²) in [7, 11) is 0. The van der Waals surface area contributed by atoms with Crippen LogP contribution in [0.1, 0.15) is 46.8 Å². The number of hydrogen-bond acceptors (Lipinski definition) is 2. The first kappa shape index (κ1) is 14.6. The lowest BCUT2D eigenvalue weighted by molar-refractivity contribution is 0.494. The van der Waals surface area contributed by atoms with E-state index in [1.54, 1.807) is 0 Å². The van der Waals surface area contributed by atoms with Crippen LogP contribution in [-0.2, 0) is 0 Å². The van der Waals surface area contributed by atoms with Crippen LogP contribution in [0.4, 0.5) is 0 Å². The van der Waals surface area contributed by atoms with Crippen LogP contribution >= 0.6 is 22.9 Å². The molecule has 19 heavy (non-hydrogen) atoms. The van der Waals surface area contributed by atoms with Gasteiger partial charge in [-0.1, -0.05) is 23.7 Å². The summed E-state index contributed by atoms with van der Waals surface area (Å²) in [6, 6.07) is 11.0. The second-order valence-electron chi connectivity index (χ2n) is 5.03. The molecule has 1 nitrogen and oxygen atoms in total. The van der Waals surface area contributed by atoms with E-state index in [1.807, 2.05) is 23.5 Å². The molecule has 0 bridgehead atoms. The highest BCUT2D eigenvalue weighted by Gasteiger charge is 2.14. The minimum Gasteiger partial charge on any atom is -0.304 e. The number of rotatable bonds is 4. The van der Waals surface area contributed by atoms with E-state index in [-0.39, 0.29) is 0 Å². The van der Waals surface area contributed by atoms with Crippen molar-refractivity contribution in [3.8, 4) is 0 Å². The number of halogens is 1. The molecule has 0 radical (unpaired) electrons. The Labute approximate surface area is 124 Å². The van der Waals surface area contributed by atoms with Crippen molar-refractivity contribution in [1.82, 2.24) is 5.32 Å². The normalized spacial score (nSPS) is 14.4. The number of nitrogens with one attached hydrogen (secondary N) is 1. The minimum absolute atomic E-state index is 0.312. The Bertz CT molecular complexity index is 544. The van der Waals surface area contributed by atoms with E-state index >= 15 is 0 Å². The van der Waals surface area contributed by atoms with E-state index in [2.05, 4.69) is 51.2 Å². The Morgan fingerprint density at radius 3 is 2.21 bits per heavy atom. The summed E-state index contributed by atoms with van der Waals surface area (Å²) in [4.78, 5) is 2.78. The largest absolute Gasteiger partial charge is 0.304 e. The minimum atomic E-state index is 0.312. The summed E-state index contributed by atoms with van der Waals surface area (Å²) >= 11 is 7.79. The van der Waals surface area contributed by atoms with Gasteiger partial charge in [-0.25, -0.2) is 0 Å². The predicted octanol–water partition coefficient (Wildman–Crippen LogP) is 5.43. The van der Waals surface area contributed by atoms with Crippen molar-refractivity contribution < 1.29 is 0 Å². The van der Waals surface area contributed by atoms with Crippen LogP contribution in [0.3, 0.4) is 0 Å². The molecule has 2 rings (SSSR count). The molecule has 1 N–H and O–H groups in total. The van der Waals surface area contributed by atoms with Gasteiger partial charge in [0.15, 0.2) is 0 Å². The van der Waals surface area contributed by atoms with Crippen molar-refractivity contribution in [3.05, 3.63) is 56.2 Å². The molecule has 1 aromatic heterocycles. The summed E-state index contributed by atoms with van der Waals surface area (Å²) < 4.78 is 0. The van der Waals surface area contributed by atoms with Crippen LogP contribution in [0.25, 0.3) is 0 Å². The van der Waals surface area contributed by atoms with E-state index in [0.29, 0.717) is 12.1 Å². The van der Waals surface area contributed by atoms with Crippen LogP contribution in [0.2, 0.25) is 5.02 Å². The molecule has 1 unspecified atom stereocenters. The second-order valence-corrected chi connectivity index (χ2v) is 6.93. The Morgan fingerprint density at radius 1 is 1.05 bits per heavy atom. The molecular formula is C16H20ClNS. The van der Waals surface area contributed by atoms with Gasteiger partial charge in [0.05, 0.1) is 0 Å². The van der Waals surface area contributed by atoms with E-state index in [0.717, 1.165) is 5.02 Å². The van der Waals surface area contributed by atoms with Gasteiger partial charge in [0.1, 0.15) is 0 Å². The van der Waals surface area contributed by atoms with Crippen molar-refractivity contribution in [2.45, 2.75) is 39.8 Å². The first-order chi connectivity index (χ1) is 8.97. The van der Waals surface area contributed by atoms with Crippen LogP contribution in [0.15, 0.2) is 30.3 Å². The molecule has 0 aliphatic heterocycles. The topological polar surface area (TPSA) is 12.0 Å². The molecule has 0 fully saturated rings. The molecular weight excluding hydrogens is 274 g/mol. The summed E-state index contributed by atoms with van der Waals surface area (Å²) in [5, 5.41) is 4.44. The third-order valence-corrected chi connectivity index (χ3v) is 4.65. The van der Waals surface area contributed by atoms with E-state index in [1.165, 1.54) is 20.9 Å². The van der Waals surface area contributed by atoms with Gasteiger partial charge in [0.25, 0.3) is 0 Å². The maximum atomic E-state index is 5.92. The van der Waals surface area contributed by atoms with E-state index < -0.39 is 0 Å². The van der Waals surface area contributed by atoms with Gasteiger partial charge in [0, 0.05) is 26.9 Å². The highest BCUT2D eigenvalue weighted by atomic mass is 35.5. The summed E-state index contributed by atoms with van der Waals surface area (Å²) in [6.45, 7) is 8.77. The van der Waals surface area contributed by atoms with E-state index in [9.17, 15) is 0 Å². The average molecular weight is 294 g/mol. The van der Waals surface area contributed by atoms with Gasteiger partial charge < -0.3 is 5.32 Å². The number of aryl methyl sites for hydroxylation is 2. The first-order valence-electron chi connectivity index (χ1n) is 6.56. The van der Waals surface area contributed by atoms with Gasteiger partial charge in [-0.2, -0.15) is 0 Å². The number of hydrogen-bond donors (Lipinski definition) is 1. The molecule has 0 spiro atoms. The molecule has 0 aliphatic carbocycles. The third-order valence-electron chi connectivity index (χ3n) is 3.42. The molecule has 2 atom stereocenters. The van der Waals surface area contributed by atoms with Crippen molar-refractivity contribution in [3.63, 3.8) is 0 Å². The highest BCUT2D eigenvalue weighted by molar-refractivity contribution is 7.12. The van der Waals surface area contributed by atoms with Crippen molar-refractivity contribution >= 4 is 22.9 Å². The zero-order valence-electron chi connectivity index (χ0n) is 11.8. The Hall–Kier alpha value is -0.830. The lowest BCUT2D eigenvalue weighted by Gasteiger charge is -2.20.